The van der Waals surface area contributed by atoms with Crippen molar-refractivity contribution in [1.29, 1.82) is 0 Å². The van der Waals surface area contributed by atoms with E-state index >= 15 is 0 Å². The fourth-order valence-corrected chi connectivity index (χ4v) is 6.19. The topological polar surface area (TPSA) is 172 Å². The molecule has 5 aliphatic rings. The van der Waals surface area contributed by atoms with Gasteiger partial charge in [0.1, 0.15) is 47.6 Å². The molecular formula is C23H28O11. The fourth-order valence-electron chi connectivity index (χ4n) is 6.19. The summed E-state index contributed by atoms with van der Waals surface area (Å²) in [5.41, 5.74) is -4.08. The van der Waals surface area contributed by atoms with Crippen molar-refractivity contribution in [2.24, 2.45) is 11.3 Å². The number of ether oxygens (including phenoxy) is 4. The van der Waals surface area contributed by atoms with Crippen molar-refractivity contribution in [1.82, 2.24) is 0 Å². The van der Waals surface area contributed by atoms with Gasteiger partial charge in [-0.05, 0) is 25.5 Å². The van der Waals surface area contributed by atoms with Crippen molar-refractivity contribution in [3.8, 4) is 0 Å². The van der Waals surface area contributed by atoms with Crippen LogP contribution in [-0.4, -0.2) is 98.7 Å². The second-order valence-electron chi connectivity index (χ2n) is 9.76. The number of carbonyl (C=O) groups is 2. The summed E-state index contributed by atoms with van der Waals surface area (Å²) in [6.07, 6.45) is -8.41. The van der Waals surface area contributed by atoms with E-state index in [-0.39, 0.29) is 18.4 Å². The third-order valence-electron chi connectivity index (χ3n) is 8.07. The van der Waals surface area contributed by atoms with Crippen molar-refractivity contribution in [3.05, 3.63) is 35.9 Å². The summed E-state index contributed by atoms with van der Waals surface area (Å²) in [7, 11) is 0. The number of esters is 2. The van der Waals surface area contributed by atoms with Crippen LogP contribution < -0.4 is 0 Å². The van der Waals surface area contributed by atoms with Crippen LogP contribution in [0, 0.1) is 11.3 Å². The van der Waals surface area contributed by atoms with E-state index in [1.807, 2.05) is 0 Å². The molecule has 0 spiro atoms. The average Bonchev–Trinajstić information content (AvgIpc) is 2.88. The summed E-state index contributed by atoms with van der Waals surface area (Å²) >= 11 is 0. The standard InChI is InChI=1S/C23H28O11/c1-21-8-13(25)12-7-23(21,33-19-17(28)16(27)15(26)14(9-24)32-19)22(12,20(30)34-21)10-31-18(29)11-5-3-2-4-6-11/h2-6,12-17,19,24-28H,7-10H2,1H3/t12-,13+,14+,15+,16-,17+,19-,21+,22-,23-/m0/s1. The van der Waals surface area contributed by atoms with Gasteiger partial charge in [0.05, 0.1) is 18.3 Å². The van der Waals surface area contributed by atoms with Gasteiger partial charge in [-0.15, -0.1) is 0 Å². The maximum Gasteiger partial charge on any atom is 0.338 e. The first kappa shape index (κ1) is 23.6. The SMILES string of the molecule is C[C@@]12C[C@@H](O)[C@@H]3C[C@@]1(O[C@@H]1O[C@H](CO)[C@@H](O)[C@H](O)[C@H]1O)[C@]3(COC(=O)c1ccccc1)C(=O)O2. The van der Waals surface area contributed by atoms with Crippen LogP contribution in [0.5, 0.6) is 0 Å². The maximum atomic E-state index is 13.2. The van der Waals surface area contributed by atoms with Crippen molar-refractivity contribution in [2.75, 3.05) is 13.2 Å². The van der Waals surface area contributed by atoms with Crippen LogP contribution >= 0.6 is 0 Å². The normalized spacial score (nSPS) is 47.0. The summed E-state index contributed by atoms with van der Waals surface area (Å²) in [4.78, 5) is 25.9. The maximum absolute atomic E-state index is 13.2. The highest BCUT2D eigenvalue weighted by Gasteiger charge is 2.88. The molecule has 186 valence electrons. The Bertz CT molecular complexity index is 969. The molecule has 0 unspecified atom stereocenters. The van der Waals surface area contributed by atoms with Crippen LogP contribution in [0.25, 0.3) is 0 Å². The number of fused-ring (bicyclic) bond motifs is 1. The molecule has 2 heterocycles. The Labute approximate surface area is 194 Å². The molecule has 6 rings (SSSR count). The lowest BCUT2D eigenvalue weighted by Gasteiger charge is -2.66. The van der Waals surface area contributed by atoms with Crippen molar-refractivity contribution < 1.29 is 54.1 Å². The molecule has 11 nitrogen and oxygen atoms in total. The molecule has 10 atom stereocenters. The monoisotopic (exact) mass is 480 g/mol. The van der Waals surface area contributed by atoms with E-state index in [0.29, 0.717) is 0 Å². The first-order valence-corrected chi connectivity index (χ1v) is 11.2. The highest BCUT2D eigenvalue weighted by Crippen LogP contribution is 2.73. The Balaban J connectivity index is 1.46. The van der Waals surface area contributed by atoms with Crippen LogP contribution in [0.3, 0.4) is 0 Å². The fraction of sp³-hybridized carbons (Fsp3) is 0.652. The van der Waals surface area contributed by atoms with Gasteiger partial charge in [-0.2, -0.15) is 0 Å². The van der Waals surface area contributed by atoms with Crippen LogP contribution in [-0.2, 0) is 23.7 Å². The van der Waals surface area contributed by atoms with E-state index in [1.54, 1.807) is 37.3 Å². The highest BCUT2D eigenvalue weighted by molar-refractivity contribution is 5.90. The first-order valence-electron chi connectivity index (χ1n) is 11.2. The van der Waals surface area contributed by atoms with Crippen molar-refractivity contribution in [3.63, 3.8) is 0 Å². The van der Waals surface area contributed by atoms with Gasteiger partial charge in [-0.3, -0.25) is 4.79 Å². The molecule has 11 heteroatoms. The van der Waals surface area contributed by atoms with E-state index in [0.717, 1.165) is 0 Å². The van der Waals surface area contributed by atoms with E-state index in [4.69, 9.17) is 18.9 Å². The van der Waals surface area contributed by atoms with E-state index < -0.39 is 84.5 Å². The van der Waals surface area contributed by atoms with E-state index in [9.17, 15) is 35.1 Å². The first-order chi connectivity index (χ1) is 16.1. The molecule has 0 amide bonds. The third kappa shape index (κ3) is 2.95. The van der Waals surface area contributed by atoms with Gasteiger partial charge in [-0.25, -0.2) is 4.79 Å². The molecule has 2 saturated heterocycles. The van der Waals surface area contributed by atoms with E-state index in [2.05, 4.69) is 0 Å². The number of hydrogen-bond acceptors (Lipinski definition) is 11. The molecule has 5 N–H and O–H groups in total. The molecule has 34 heavy (non-hydrogen) atoms. The van der Waals surface area contributed by atoms with Gasteiger partial charge in [0, 0.05) is 12.3 Å². The number of aliphatic hydroxyl groups is 5. The average molecular weight is 480 g/mol. The molecule has 0 radical (unpaired) electrons. The zero-order chi connectivity index (χ0) is 24.5. The largest absolute Gasteiger partial charge is 0.461 e. The lowest BCUT2D eigenvalue weighted by atomic mass is 9.40. The van der Waals surface area contributed by atoms with Gasteiger partial charge in [0.15, 0.2) is 6.29 Å². The lowest BCUT2D eigenvalue weighted by molar-refractivity contribution is -0.394. The second-order valence-corrected chi connectivity index (χ2v) is 9.76. The quantitative estimate of drug-likeness (QED) is 0.300. The Morgan fingerprint density at radius 2 is 1.79 bits per heavy atom. The highest BCUT2D eigenvalue weighted by atomic mass is 16.7. The Morgan fingerprint density at radius 3 is 2.47 bits per heavy atom. The number of benzene rings is 1. The molecular weight excluding hydrogens is 452 g/mol. The summed E-state index contributed by atoms with van der Waals surface area (Å²) in [5.74, 6) is -2.00. The zero-order valence-corrected chi connectivity index (χ0v) is 18.4. The van der Waals surface area contributed by atoms with Crippen LogP contribution in [0.4, 0.5) is 0 Å². The van der Waals surface area contributed by atoms with Gasteiger partial charge >= 0.3 is 11.9 Å². The third-order valence-corrected chi connectivity index (χ3v) is 8.07. The van der Waals surface area contributed by atoms with Gasteiger partial charge in [0.2, 0.25) is 0 Å². The summed E-state index contributed by atoms with van der Waals surface area (Å²) in [6.45, 7) is 0.508. The van der Waals surface area contributed by atoms with E-state index in [1.165, 1.54) is 0 Å². The second kappa shape index (κ2) is 7.95. The molecule has 1 aromatic carbocycles. The molecule has 3 saturated carbocycles. The predicted molar refractivity (Wildman–Crippen MR) is 110 cm³/mol. The van der Waals surface area contributed by atoms with Crippen molar-refractivity contribution in [2.45, 2.75) is 67.8 Å². The summed E-state index contributed by atoms with van der Waals surface area (Å²) in [6, 6.07) is 8.20. The van der Waals surface area contributed by atoms with Crippen molar-refractivity contribution >= 4 is 11.9 Å². The lowest BCUT2D eigenvalue weighted by Crippen LogP contribution is -2.80. The minimum Gasteiger partial charge on any atom is -0.461 e. The Morgan fingerprint density at radius 1 is 1.09 bits per heavy atom. The number of hydrogen-bond donors (Lipinski definition) is 5. The minimum absolute atomic E-state index is 0.0508. The van der Waals surface area contributed by atoms with Gasteiger partial charge < -0.3 is 44.5 Å². The molecule has 4 bridgehead atoms. The number of carbonyl (C=O) groups excluding carboxylic acids is 2. The van der Waals surface area contributed by atoms with Gasteiger partial charge in [-0.1, -0.05) is 18.2 Å². The number of aliphatic hydroxyl groups excluding tert-OH is 5. The Kier molecular flexibility index (Phi) is 5.52. The summed E-state index contributed by atoms with van der Waals surface area (Å²) in [5, 5.41) is 51.0. The molecule has 2 aliphatic heterocycles. The minimum atomic E-state index is -1.69. The zero-order valence-electron chi connectivity index (χ0n) is 18.4. The van der Waals surface area contributed by atoms with Crippen LogP contribution in [0.15, 0.2) is 30.3 Å². The smallest absolute Gasteiger partial charge is 0.338 e. The number of rotatable bonds is 6. The summed E-state index contributed by atoms with van der Waals surface area (Å²) < 4.78 is 22.9. The molecule has 1 aromatic rings. The van der Waals surface area contributed by atoms with Crippen LogP contribution in [0.2, 0.25) is 0 Å². The van der Waals surface area contributed by atoms with Gasteiger partial charge in [0.25, 0.3) is 0 Å². The van der Waals surface area contributed by atoms with Crippen LogP contribution in [0.1, 0.15) is 30.1 Å². The molecule has 5 fully saturated rings. The predicted octanol–water partition coefficient (Wildman–Crippen LogP) is -1.51. The molecule has 0 aromatic heterocycles. The molecule has 3 aliphatic carbocycles. The Hall–Kier alpha value is -2.12.